The number of rotatable bonds is 7. The maximum Gasteiger partial charge on any atom is 0.481 e. The summed E-state index contributed by atoms with van der Waals surface area (Å²) in [7, 11) is -0.404. The number of carbonyl (C=O) groups is 1. The van der Waals surface area contributed by atoms with Crippen molar-refractivity contribution in [2.75, 3.05) is 13.1 Å². The number of benzene rings is 1. The van der Waals surface area contributed by atoms with Gasteiger partial charge in [-0.3, -0.25) is 0 Å². The van der Waals surface area contributed by atoms with Crippen molar-refractivity contribution in [3.05, 3.63) is 35.9 Å². The van der Waals surface area contributed by atoms with Crippen LogP contribution in [0.5, 0.6) is 0 Å². The Hall–Kier alpha value is -1.57. The zero-order valence-corrected chi connectivity index (χ0v) is 19.7. The van der Waals surface area contributed by atoms with Crippen molar-refractivity contribution in [3.63, 3.8) is 0 Å². The van der Waals surface area contributed by atoms with Gasteiger partial charge in [-0.15, -0.1) is 0 Å². The fourth-order valence-corrected chi connectivity index (χ4v) is 6.68. The molecule has 2 heterocycles. The molecule has 3 aliphatic carbocycles. The van der Waals surface area contributed by atoms with E-state index in [-0.39, 0.29) is 23.7 Å². The van der Waals surface area contributed by atoms with Gasteiger partial charge in [-0.05, 0) is 74.8 Å². The van der Waals surface area contributed by atoms with E-state index in [1.807, 2.05) is 6.07 Å². The second-order valence-corrected chi connectivity index (χ2v) is 11.1. The summed E-state index contributed by atoms with van der Waals surface area (Å²) in [6.45, 7) is 8.68. The monoisotopic (exact) mass is 439 g/mol. The van der Waals surface area contributed by atoms with E-state index in [2.05, 4.69) is 61.0 Å². The van der Waals surface area contributed by atoms with Crippen LogP contribution in [0.2, 0.25) is 0 Å². The van der Waals surface area contributed by atoms with E-state index in [0.717, 1.165) is 32.2 Å². The maximum absolute atomic E-state index is 12.8. The molecule has 2 amide bonds. The molecule has 2 aliphatic heterocycles. The van der Waals surface area contributed by atoms with E-state index in [9.17, 15) is 4.79 Å². The largest absolute Gasteiger partial charge is 0.481 e. The highest BCUT2D eigenvalue weighted by atomic mass is 16.7. The lowest BCUT2D eigenvalue weighted by Gasteiger charge is -2.64. The predicted octanol–water partition coefficient (Wildman–Crippen LogP) is 3.31. The minimum absolute atomic E-state index is 0.121. The number of aryl methyl sites for hydroxylation is 1. The van der Waals surface area contributed by atoms with Crippen LogP contribution in [-0.2, 0) is 15.7 Å². The molecule has 5 fully saturated rings. The lowest BCUT2D eigenvalue weighted by Crippen LogP contribution is -2.65. The number of hydrogen-bond donors (Lipinski definition) is 3. The zero-order chi connectivity index (χ0) is 22.3. The minimum Gasteiger partial charge on any atom is -0.404 e. The van der Waals surface area contributed by atoms with Gasteiger partial charge in [-0.25, -0.2) is 4.79 Å². The average molecular weight is 439 g/mol. The third-order valence-corrected chi connectivity index (χ3v) is 8.87. The van der Waals surface area contributed by atoms with Gasteiger partial charge in [0.15, 0.2) is 0 Å². The van der Waals surface area contributed by atoms with Gasteiger partial charge in [-0.1, -0.05) is 44.2 Å². The van der Waals surface area contributed by atoms with E-state index < -0.39 is 7.12 Å². The van der Waals surface area contributed by atoms with Gasteiger partial charge in [0.1, 0.15) is 0 Å². The number of nitrogens with one attached hydrogen (secondary N) is 3. The van der Waals surface area contributed by atoms with E-state index in [1.54, 1.807) is 0 Å². The first-order chi connectivity index (χ1) is 15.4. The summed E-state index contributed by atoms with van der Waals surface area (Å²) < 4.78 is 13.2. The summed E-state index contributed by atoms with van der Waals surface area (Å²) in [4.78, 5) is 12.8. The molecule has 5 aliphatic rings. The summed E-state index contributed by atoms with van der Waals surface area (Å²) in [5.74, 6) is 1.04. The van der Waals surface area contributed by atoms with Crippen molar-refractivity contribution in [2.45, 2.75) is 83.0 Å². The van der Waals surface area contributed by atoms with Gasteiger partial charge < -0.3 is 25.3 Å². The van der Waals surface area contributed by atoms with Crippen molar-refractivity contribution in [1.82, 2.24) is 16.0 Å². The topological polar surface area (TPSA) is 71.6 Å². The quantitative estimate of drug-likeness (QED) is 0.571. The molecule has 2 saturated heterocycles. The Balaban J connectivity index is 1.25. The third kappa shape index (κ3) is 4.08. The fourth-order valence-electron chi connectivity index (χ4n) is 6.68. The Morgan fingerprint density at radius 2 is 2.06 bits per heavy atom. The van der Waals surface area contributed by atoms with Crippen LogP contribution in [0.15, 0.2) is 30.3 Å². The van der Waals surface area contributed by atoms with Crippen LogP contribution in [-0.4, -0.2) is 49.9 Å². The average Bonchev–Trinajstić information content (AvgIpc) is 3.42. The smallest absolute Gasteiger partial charge is 0.404 e. The number of carbonyl (C=O) groups excluding carboxylic acids is 1. The molecule has 7 heteroatoms. The molecule has 0 radical (unpaired) electrons. The molecule has 3 N–H and O–H groups in total. The maximum atomic E-state index is 12.8. The van der Waals surface area contributed by atoms with Crippen LogP contribution in [0.1, 0.15) is 58.4 Å². The fraction of sp³-hybridized carbons (Fsp3) is 0.720. The van der Waals surface area contributed by atoms with E-state index >= 15 is 0 Å². The zero-order valence-electron chi connectivity index (χ0n) is 19.7. The van der Waals surface area contributed by atoms with Crippen molar-refractivity contribution in [2.24, 2.45) is 17.3 Å². The molecule has 3 saturated carbocycles. The van der Waals surface area contributed by atoms with Crippen molar-refractivity contribution in [3.8, 4) is 0 Å². The summed E-state index contributed by atoms with van der Waals surface area (Å²) in [5.41, 5.74) is 1.31. The molecule has 2 bridgehead atoms. The SMILES string of the molecule is CC1(C)[C@@H]2C[C@H]3OB([C@H](CCc4ccccc4)NC(=O)NC[C@@H]4CCCN4)O[C@@]3(C)[C@H]1C2. The first-order valence-corrected chi connectivity index (χ1v) is 12.5. The molecule has 6 rings (SSSR count). The molecule has 6 nitrogen and oxygen atoms in total. The second kappa shape index (κ2) is 8.66. The Morgan fingerprint density at radius 3 is 2.78 bits per heavy atom. The van der Waals surface area contributed by atoms with Crippen LogP contribution in [0.3, 0.4) is 0 Å². The van der Waals surface area contributed by atoms with Crippen molar-refractivity contribution < 1.29 is 14.1 Å². The summed E-state index contributed by atoms with van der Waals surface area (Å²) in [6, 6.07) is 10.7. The van der Waals surface area contributed by atoms with Crippen LogP contribution in [0.4, 0.5) is 4.79 Å². The lowest BCUT2D eigenvalue weighted by molar-refractivity contribution is -0.199. The van der Waals surface area contributed by atoms with E-state index in [4.69, 9.17) is 9.31 Å². The predicted molar refractivity (Wildman–Crippen MR) is 126 cm³/mol. The molecule has 6 atom stereocenters. The molecule has 1 aromatic carbocycles. The molecule has 32 heavy (non-hydrogen) atoms. The lowest BCUT2D eigenvalue weighted by atomic mass is 9.43. The first-order valence-electron chi connectivity index (χ1n) is 12.5. The van der Waals surface area contributed by atoms with Gasteiger partial charge in [-0.2, -0.15) is 0 Å². The molecule has 0 unspecified atom stereocenters. The molecule has 0 aromatic heterocycles. The van der Waals surface area contributed by atoms with Gasteiger partial charge in [0.2, 0.25) is 0 Å². The highest BCUT2D eigenvalue weighted by Crippen LogP contribution is 2.65. The van der Waals surface area contributed by atoms with Gasteiger partial charge >= 0.3 is 13.1 Å². The molecule has 0 spiro atoms. The minimum atomic E-state index is -0.404. The Morgan fingerprint density at radius 1 is 1.25 bits per heavy atom. The van der Waals surface area contributed by atoms with E-state index in [0.29, 0.717) is 29.8 Å². The van der Waals surface area contributed by atoms with Gasteiger partial charge in [0.25, 0.3) is 0 Å². The third-order valence-electron chi connectivity index (χ3n) is 8.87. The summed E-state index contributed by atoms with van der Waals surface area (Å²) >= 11 is 0. The molecular weight excluding hydrogens is 401 g/mol. The van der Waals surface area contributed by atoms with Crippen LogP contribution >= 0.6 is 0 Å². The summed E-state index contributed by atoms with van der Waals surface area (Å²) in [5, 5.41) is 9.69. The Labute approximate surface area is 192 Å². The number of hydrogen-bond acceptors (Lipinski definition) is 4. The second-order valence-electron chi connectivity index (χ2n) is 11.1. The molecule has 174 valence electrons. The molecule has 1 aromatic rings. The van der Waals surface area contributed by atoms with Crippen LogP contribution in [0, 0.1) is 17.3 Å². The molecular formula is C25H38BN3O3. The van der Waals surface area contributed by atoms with Crippen LogP contribution < -0.4 is 16.0 Å². The summed E-state index contributed by atoms with van der Waals surface area (Å²) in [6.07, 6.45) is 6.36. The highest BCUT2D eigenvalue weighted by Gasteiger charge is 2.68. The number of urea groups is 1. The van der Waals surface area contributed by atoms with Gasteiger partial charge in [0.05, 0.1) is 17.6 Å². The highest BCUT2D eigenvalue weighted by molar-refractivity contribution is 6.47. The van der Waals surface area contributed by atoms with Crippen molar-refractivity contribution in [1.29, 1.82) is 0 Å². The number of amides is 2. The van der Waals surface area contributed by atoms with E-state index in [1.165, 1.54) is 18.4 Å². The Bertz CT molecular complexity index is 816. The first kappa shape index (κ1) is 22.2. The van der Waals surface area contributed by atoms with Gasteiger partial charge in [0, 0.05) is 12.6 Å². The van der Waals surface area contributed by atoms with Crippen LogP contribution in [0.25, 0.3) is 0 Å². The normalized spacial score (nSPS) is 35.7. The van der Waals surface area contributed by atoms with Crippen molar-refractivity contribution >= 4 is 13.1 Å². The standard InChI is InChI=1S/C25H38BN3O3/c1-24(2)18-14-20(24)25(3)21(15-18)31-26(32-25)22(12-11-17-8-5-4-6-9-17)29-23(30)28-16-19-10-7-13-27-19/h4-6,8-9,18-22,27H,7,10-16H2,1-3H3,(H2,28,29,30)/t18-,19-,20-,21+,22-,25-/m0/s1. The Kier molecular flexibility index (Phi) is 6.02.